The molecule has 0 radical (unpaired) electrons. The topological polar surface area (TPSA) is 37.3 Å². The maximum Gasteiger partial charge on any atom is 0.316 e. The van der Waals surface area contributed by atoms with Crippen LogP contribution in [0.3, 0.4) is 0 Å². The van der Waals surface area contributed by atoms with Crippen molar-refractivity contribution in [2.75, 3.05) is 6.67 Å². The summed E-state index contributed by atoms with van der Waals surface area (Å²) in [5.74, 6) is -1.14. The molecule has 0 spiro atoms. The predicted molar refractivity (Wildman–Crippen MR) is 47.4 cm³/mol. The Labute approximate surface area is 76.0 Å². The number of carboxylic acids is 1. The van der Waals surface area contributed by atoms with Gasteiger partial charge in [0.1, 0.15) is 12.1 Å². The third-order valence-corrected chi connectivity index (χ3v) is 2.15. The first-order valence-corrected chi connectivity index (χ1v) is 3.96. The molecule has 3 heteroatoms. The van der Waals surface area contributed by atoms with Gasteiger partial charge in [0.25, 0.3) is 0 Å². The summed E-state index contributed by atoms with van der Waals surface area (Å²) in [6.45, 7) is 0.483. The minimum absolute atomic E-state index is 0.491. The summed E-state index contributed by atoms with van der Waals surface area (Å²) >= 11 is 0. The number of aliphatic carboxylic acids is 1. The second-order valence-corrected chi connectivity index (χ2v) is 3.14. The lowest BCUT2D eigenvalue weighted by atomic mass is 9.84. The van der Waals surface area contributed by atoms with E-state index in [1.165, 1.54) is 6.92 Å². The first kappa shape index (κ1) is 9.71. The molecule has 0 saturated heterocycles. The molecule has 70 valence electrons. The fraction of sp³-hybridized carbons (Fsp3) is 0.300. The summed E-state index contributed by atoms with van der Waals surface area (Å²) in [6.07, 6.45) is 0. The number of hydrogen-bond donors (Lipinski definition) is 1. The quantitative estimate of drug-likeness (QED) is 0.776. The first-order valence-electron chi connectivity index (χ1n) is 3.96. The molecule has 13 heavy (non-hydrogen) atoms. The van der Waals surface area contributed by atoms with Crippen LogP contribution >= 0.6 is 0 Å². The predicted octanol–water partition coefficient (Wildman–Crippen LogP) is 2.00. The Hall–Kier alpha value is -1.38. The highest BCUT2D eigenvalue weighted by molar-refractivity contribution is 5.81. The van der Waals surface area contributed by atoms with Crippen LogP contribution in [0.2, 0.25) is 0 Å². The Bertz CT molecular complexity index is 297. The minimum atomic E-state index is -1.42. The summed E-state index contributed by atoms with van der Waals surface area (Å²) in [4.78, 5) is 10.8. The highest BCUT2D eigenvalue weighted by Crippen LogP contribution is 2.24. The van der Waals surface area contributed by atoms with Crippen LogP contribution in [0.5, 0.6) is 0 Å². The molecule has 1 N–H and O–H groups in total. The van der Waals surface area contributed by atoms with Gasteiger partial charge in [-0.1, -0.05) is 30.3 Å². The minimum Gasteiger partial charge on any atom is -0.481 e. The maximum absolute atomic E-state index is 12.6. The summed E-state index contributed by atoms with van der Waals surface area (Å²) in [5.41, 5.74) is -0.925. The standard InChI is InChI=1S/C10H11FO2/c1-10(7-11,9(12)13)8-5-3-2-4-6-8/h2-6H,7H2,1H3,(H,12,13). The van der Waals surface area contributed by atoms with E-state index >= 15 is 0 Å². The Kier molecular flexibility index (Phi) is 2.66. The van der Waals surface area contributed by atoms with Crippen LogP contribution in [-0.2, 0) is 10.2 Å². The molecule has 0 aromatic heterocycles. The van der Waals surface area contributed by atoms with Gasteiger partial charge in [0.15, 0.2) is 0 Å². The van der Waals surface area contributed by atoms with Gasteiger partial charge in [-0.15, -0.1) is 0 Å². The van der Waals surface area contributed by atoms with Gasteiger partial charge in [-0.05, 0) is 12.5 Å². The SMILES string of the molecule is CC(CF)(C(=O)O)c1ccccc1. The van der Waals surface area contributed by atoms with Crippen LogP contribution in [0, 0.1) is 0 Å². The molecule has 2 nitrogen and oxygen atoms in total. The van der Waals surface area contributed by atoms with E-state index in [9.17, 15) is 9.18 Å². The van der Waals surface area contributed by atoms with Crippen LogP contribution in [-0.4, -0.2) is 17.8 Å². The van der Waals surface area contributed by atoms with E-state index < -0.39 is 18.1 Å². The third-order valence-electron chi connectivity index (χ3n) is 2.15. The van der Waals surface area contributed by atoms with Crippen LogP contribution < -0.4 is 0 Å². The van der Waals surface area contributed by atoms with Crippen molar-refractivity contribution >= 4 is 5.97 Å². The van der Waals surface area contributed by atoms with E-state index in [2.05, 4.69) is 0 Å². The average Bonchev–Trinajstić information content (AvgIpc) is 2.17. The molecule has 0 aliphatic heterocycles. The molecule has 0 aliphatic rings. The lowest BCUT2D eigenvalue weighted by molar-refractivity contribution is -0.143. The molecule has 1 aromatic rings. The molecule has 0 bridgehead atoms. The van der Waals surface area contributed by atoms with Gasteiger partial charge < -0.3 is 5.11 Å². The van der Waals surface area contributed by atoms with E-state index in [0.29, 0.717) is 5.56 Å². The fourth-order valence-electron chi connectivity index (χ4n) is 1.06. The second-order valence-electron chi connectivity index (χ2n) is 3.14. The molecule has 0 aliphatic carbocycles. The molecule has 1 rings (SSSR count). The highest BCUT2D eigenvalue weighted by atomic mass is 19.1. The number of hydrogen-bond acceptors (Lipinski definition) is 1. The van der Waals surface area contributed by atoms with Crippen LogP contribution in [0.4, 0.5) is 4.39 Å². The van der Waals surface area contributed by atoms with Crippen molar-refractivity contribution in [3.05, 3.63) is 35.9 Å². The zero-order valence-corrected chi connectivity index (χ0v) is 7.33. The largest absolute Gasteiger partial charge is 0.481 e. The van der Waals surface area contributed by atoms with Gasteiger partial charge in [-0.25, -0.2) is 4.39 Å². The van der Waals surface area contributed by atoms with E-state index in [4.69, 9.17) is 5.11 Å². The van der Waals surface area contributed by atoms with Crippen LogP contribution in [0.15, 0.2) is 30.3 Å². The number of halogens is 1. The zero-order valence-electron chi connectivity index (χ0n) is 7.33. The first-order chi connectivity index (χ1) is 6.11. The van der Waals surface area contributed by atoms with Gasteiger partial charge in [0.2, 0.25) is 0 Å². The lowest BCUT2D eigenvalue weighted by Gasteiger charge is -2.20. The molecular formula is C10H11FO2. The molecule has 0 saturated carbocycles. The van der Waals surface area contributed by atoms with E-state index in [1.54, 1.807) is 30.3 Å². The van der Waals surface area contributed by atoms with Crippen molar-refractivity contribution in [3.63, 3.8) is 0 Å². The molecule has 1 atom stereocenters. The van der Waals surface area contributed by atoms with Gasteiger partial charge in [0.05, 0.1) is 0 Å². The Morgan fingerprint density at radius 2 is 2.00 bits per heavy atom. The van der Waals surface area contributed by atoms with Gasteiger partial charge in [-0.3, -0.25) is 4.79 Å². The summed E-state index contributed by atoms with van der Waals surface area (Å²) in [6, 6.07) is 8.41. The van der Waals surface area contributed by atoms with Crippen molar-refractivity contribution in [2.45, 2.75) is 12.3 Å². The van der Waals surface area contributed by atoms with E-state index in [-0.39, 0.29) is 0 Å². The lowest BCUT2D eigenvalue weighted by Crippen LogP contribution is -2.34. The highest BCUT2D eigenvalue weighted by Gasteiger charge is 2.35. The summed E-state index contributed by atoms with van der Waals surface area (Å²) < 4.78 is 12.6. The maximum atomic E-state index is 12.6. The van der Waals surface area contributed by atoms with E-state index in [1.807, 2.05) is 0 Å². The number of carboxylic acid groups (broad SMARTS) is 1. The monoisotopic (exact) mass is 182 g/mol. The van der Waals surface area contributed by atoms with Crippen molar-refractivity contribution in [1.82, 2.24) is 0 Å². The van der Waals surface area contributed by atoms with E-state index in [0.717, 1.165) is 0 Å². The Balaban J connectivity index is 3.11. The zero-order chi connectivity index (χ0) is 9.90. The van der Waals surface area contributed by atoms with Gasteiger partial charge in [-0.2, -0.15) is 0 Å². The summed E-state index contributed by atoms with van der Waals surface area (Å²) in [7, 11) is 0. The van der Waals surface area contributed by atoms with Gasteiger partial charge in [0, 0.05) is 0 Å². The Morgan fingerprint density at radius 1 is 1.46 bits per heavy atom. The normalized spacial score (nSPS) is 14.9. The van der Waals surface area contributed by atoms with Crippen molar-refractivity contribution in [3.8, 4) is 0 Å². The summed E-state index contributed by atoms with van der Waals surface area (Å²) in [5, 5.41) is 8.85. The molecule has 0 amide bonds. The number of carbonyl (C=O) groups is 1. The number of rotatable bonds is 3. The smallest absolute Gasteiger partial charge is 0.316 e. The van der Waals surface area contributed by atoms with Crippen molar-refractivity contribution in [1.29, 1.82) is 0 Å². The number of alkyl halides is 1. The van der Waals surface area contributed by atoms with Gasteiger partial charge >= 0.3 is 5.97 Å². The molecular weight excluding hydrogens is 171 g/mol. The molecule has 1 unspecified atom stereocenters. The third kappa shape index (κ3) is 1.69. The van der Waals surface area contributed by atoms with Crippen molar-refractivity contribution in [2.24, 2.45) is 0 Å². The molecule has 1 aromatic carbocycles. The molecule has 0 heterocycles. The van der Waals surface area contributed by atoms with Crippen molar-refractivity contribution < 1.29 is 14.3 Å². The molecule has 0 fully saturated rings. The average molecular weight is 182 g/mol. The van der Waals surface area contributed by atoms with Crippen LogP contribution in [0.25, 0.3) is 0 Å². The second kappa shape index (κ2) is 3.56. The Morgan fingerprint density at radius 3 is 2.38 bits per heavy atom. The number of benzene rings is 1. The fourth-order valence-corrected chi connectivity index (χ4v) is 1.06. The van der Waals surface area contributed by atoms with Crippen LogP contribution in [0.1, 0.15) is 12.5 Å².